The summed E-state index contributed by atoms with van der Waals surface area (Å²) in [6.45, 7) is 16.6. The summed E-state index contributed by atoms with van der Waals surface area (Å²) in [4.78, 5) is 2.58. The molecular formula is C16H34N2O. The van der Waals surface area contributed by atoms with Crippen LogP contribution in [0.2, 0.25) is 0 Å². The molecule has 3 heteroatoms. The van der Waals surface area contributed by atoms with E-state index in [0.29, 0.717) is 18.0 Å². The minimum Gasteiger partial charge on any atom is -0.380 e. The monoisotopic (exact) mass is 270 g/mol. The third-order valence-electron chi connectivity index (χ3n) is 4.48. The largest absolute Gasteiger partial charge is 0.380 e. The summed E-state index contributed by atoms with van der Waals surface area (Å²) in [5.74, 6) is 1.41. The molecule has 1 N–H and O–H groups in total. The molecule has 3 atom stereocenters. The van der Waals surface area contributed by atoms with Crippen molar-refractivity contribution >= 4 is 0 Å². The second-order valence-corrected chi connectivity index (χ2v) is 6.26. The fraction of sp³-hybridized carbons (Fsp3) is 1.00. The molecule has 0 bridgehead atoms. The Morgan fingerprint density at radius 3 is 2.58 bits per heavy atom. The molecule has 1 aliphatic rings. The first-order chi connectivity index (χ1) is 9.08. The second kappa shape index (κ2) is 8.93. The molecule has 3 unspecified atom stereocenters. The molecule has 1 rings (SSSR count). The maximum absolute atomic E-state index is 5.61. The fourth-order valence-electron chi connectivity index (χ4n) is 2.94. The molecule has 0 aromatic heterocycles. The van der Waals surface area contributed by atoms with Crippen molar-refractivity contribution in [2.24, 2.45) is 11.8 Å². The summed E-state index contributed by atoms with van der Waals surface area (Å²) in [5, 5.41) is 3.81. The van der Waals surface area contributed by atoms with Gasteiger partial charge in [-0.1, -0.05) is 20.8 Å². The maximum Gasteiger partial charge on any atom is 0.0622 e. The average molecular weight is 270 g/mol. The number of rotatable bonds is 8. The first-order valence-corrected chi connectivity index (χ1v) is 8.14. The molecule has 0 spiro atoms. The summed E-state index contributed by atoms with van der Waals surface area (Å²) >= 11 is 0. The molecule has 0 aromatic rings. The van der Waals surface area contributed by atoms with E-state index in [1.54, 1.807) is 0 Å². The molecule has 0 amide bonds. The highest BCUT2D eigenvalue weighted by atomic mass is 16.5. The Bertz CT molecular complexity index is 233. The number of hydrogen-bond donors (Lipinski definition) is 1. The lowest BCUT2D eigenvalue weighted by molar-refractivity contribution is 0.0906. The van der Waals surface area contributed by atoms with Crippen molar-refractivity contribution in [3.63, 3.8) is 0 Å². The quantitative estimate of drug-likeness (QED) is 0.734. The molecule has 19 heavy (non-hydrogen) atoms. The van der Waals surface area contributed by atoms with Crippen molar-refractivity contribution in [3.05, 3.63) is 0 Å². The second-order valence-electron chi connectivity index (χ2n) is 6.26. The van der Waals surface area contributed by atoms with Crippen LogP contribution in [0.4, 0.5) is 0 Å². The van der Waals surface area contributed by atoms with Crippen LogP contribution in [0, 0.1) is 11.8 Å². The lowest BCUT2D eigenvalue weighted by Crippen LogP contribution is -2.50. The van der Waals surface area contributed by atoms with E-state index < -0.39 is 0 Å². The van der Waals surface area contributed by atoms with E-state index in [1.165, 1.54) is 32.5 Å². The van der Waals surface area contributed by atoms with Gasteiger partial charge in [-0.25, -0.2) is 0 Å². The van der Waals surface area contributed by atoms with Crippen LogP contribution in [0.15, 0.2) is 0 Å². The Morgan fingerprint density at radius 1 is 1.26 bits per heavy atom. The van der Waals surface area contributed by atoms with Crippen LogP contribution in [0.25, 0.3) is 0 Å². The van der Waals surface area contributed by atoms with Gasteiger partial charge >= 0.3 is 0 Å². The van der Waals surface area contributed by atoms with Gasteiger partial charge in [-0.15, -0.1) is 0 Å². The van der Waals surface area contributed by atoms with Gasteiger partial charge in [0.15, 0.2) is 0 Å². The van der Waals surface area contributed by atoms with Gasteiger partial charge in [-0.2, -0.15) is 0 Å². The highest BCUT2D eigenvalue weighted by Crippen LogP contribution is 2.20. The minimum atomic E-state index is 0.479. The molecule has 1 fully saturated rings. The smallest absolute Gasteiger partial charge is 0.0622 e. The number of piperidine rings is 1. The van der Waals surface area contributed by atoms with Crippen molar-refractivity contribution in [2.75, 3.05) is 32.8 Å². The molecule has 3 nitrogen and oxygen atoms in total. The summed E-state index contributed by atoms with van der Waals surface area (Å²) < 4.78 is 5.61. The van der Waals surface area contributed by atoms with Gasteiger partial charge in [-0.3, -0.25) is 0 Å². The van der Waals surface area contributed by atoms with Gasteiger partial charge in [0.05, 0.1) is 6.61 Å². The van der Waals surface area contributed by atoms with E-state index in [4.69, 9.17) is 4.74 Å². The molecule has 1 saturated heterocycles. The first-order valence-electron chi connectivity index (χ1n) is 8.14. The minimum absolute atomic E-state index is 0.479. The Morgan fingerprint density at radius 2 is 2.00 bits per heavy atom. The van der Waals surface area contributed by atoms with Crippen LogP contribution in [0.5, 0.6) is 0 Å². The van der Waals surface area contributed by atoms with Gasteiger partial charge in [0.1, 0.15) is 0 Å². The maximum atomic E-state index is 5.61. The van der Waals surface area contributed by atoms with E-state index in [1.807, 2.05) is 0 Å². The van der Waals surface area contributed by atoms with E-state index in [9.17, 15) is 0 Å². The van der Waals surface area contributed by atoms with Crippen LogP contribution < -0.4 is 5.32 Å². The molecule has 0 aromatic carbocycles. The van der Waals surface area contributed by atoms with Gasteiger partial charge in [0, 0.05) is 25.2 Å². The Balaban J connectivity index is 2.43. The number of hydrogen-bond acceptors (Lipinski definition) is 3. The average Bonchev–Trinajstić information content (AvgIpc) is 2.42. The molecule has 0 aliphatic carbocycles. The molecule has 1 aliphatic heterocycles. The third-order valence-corrected chi connectivity index (χ3v) is 4.48. The summed E-state index contributed by atoms with van der Waals surface area (Å²) in [6, 6.07) is 1.06. The molecule has 114 valence electrons. The van der Waals surface area contributed by atoms with E-state index in [2.05, 4.69) is 44.8 Å². The van der Waals surface area contributed by atoms with Crippen LogP contribution in [0.3, 0.4) is 0 Å². The first kappa shape index (κ1) is 16.9. The van der Waals surface area contributed by atoms with Gasteiger partial charge in [-0.05, 0) is 51.6 Å². The predicted molar refractivity (Wildman–Crippen MR) is 82.6 cm³/mol. The van der Waals surface area contributed by atoms with E-state index in [-0.39, 0.29) is 0 Å². The van der Waals surface area contributed by atoms with Crippen LogP contribution in [-0.2, 0) is 4.74 Å². The van der Waals surface area contributed by atoms with Crippen molar-refractivity contribution < 1.29 is 4.74 Å². The zero-order valence-corrected chi connectivity index (χ0v) is 13.6. The number of nitrogens with one attached hydrogen (secondary N) is 1. The molecule has 0 saturated carbocycles. The molecule has 0 radical (unpaired) electrons. The third kappa shape index (κ3) is 5.80. The highest BCUT2D eigenvalue weighted by molar-refractivity contribution is 4.83. The zero-order valence-electron chi connectivity index (χ0n) is 13.6. The summed E-state index contributed by atoms with van der Waals surface area (Å²) in [6.07, 6.45) is 2.71. The highest BCUT2D eigenvalue weighted by Gasteiger charge is 2.26. The summed E-state index contributed by atoms with van der Waals surface area (Å²) in [7, 11) is 0. The Hall–Kier alpha value is -0.120. The van der Waals surface area contributed by atoms with Crippen LogP contribution >= 0.6 is 0 Å². The van der Waals surface area contributed by atoms with E-state index >= 15 is 0 Å². The SMILES string of the molecule is CCOCC(NC(C)C1CCCN(CC)C1)C(C)C. The normalized spacial score (nSPS) is 24.6. The van der Waals surface area contributed by atoms with Gasteiger partial charge < -0.3 is 15.0 Å². The van der Waals surface area contributed by atoms with Crippen molar-refractivity contribution in [1.29, 1.82) is 0 Å². The standard InChI is InChI=1S/C16H34N2O/c1-6-18-10-8-9-15(11-18)14(5)17-16(13(3)4)12-19-7-2/h13-17H,6-12H2,1-5H3. The predicted octanol–water partition coefficient (Wildman–Crippen LogP) is 2.76. The number of likely N-dealkylation sites (tertiary alicyclic amines) is 1. The Kier molecular flexibility index (Phi) is 7.96. The fourth-order valence-corrected chi connectivity index (χ4v) is 2.94. The summed E-state index contributed by atoms with van der Waals surface area (Å²) in [5.41, 5.74) is 0. The van der Waals surface area contributed by atoms with Crippen molar-refractivity contribution in [3.8, 4) is 0 Å². The zero-order chi connectivity index (χ0) is 14.3. The molecular weight excluding hydrogens is 236 g/mol. The van der Waals surface area contributed by atoms with Gasteiger partial charge in [0.25, 0.3) is 0 Å². The lowest BCUT2D eigenvalue weighted by atomic mass is 9.90. The Labute approximate surface area is 120 Å². The number of nitrogens with zero attached hydrogens (tertiary/aromatic N) is 1. The van der Waals surface area contributed by atoms with Crippen molar-refractivity contribution in [1.82, 2.24) is 10.2 Å². The van der Waals surface area contributed by atoms with Gasteiger partial charge in [0.2, 0.25) is 0 Å². The topological polar surface area (TPSA) is 24.5 Å². The lowest BCUT2D eigenvalue weighted by Gasteiger charge is -2.37. The van der Waals surface area contributed by atoms with E-state index in [0.717, 1.165) is 19.1 Å². The molecule has 1 heterocycles. The van der Waals surface area contributed by atoms with Crippen LogP contribution in [-0.4, -0.2) is 49.8 Å². The van der Waals surface area contributed by atoms with Crippen LogP contribution in [0.1, 0.15) is 47.5 Å². The number of ether oxygens (including phenoxy) is 1. The van der Waals surface area contributed by atoms with Crippen molar-refractivity contribution in [2.45, 2.75) is 59.5 Å².